The van der Waals surface area contributed by atoms with Crippen molar-refractivity contribution in [3.8, 4) is 0 Å². The Labute approximate surface area is 220 Å². The molecule has 7 heteroatoms. The van der Waals surface area contributed by atoms with Crippen LogP contribution in [0.2, 0.25) is 0 Å². The van der Waals surface area contributed by atoms with Gasteiger partial charge in [-0.3, -0.25) is 9.69 Å². The summed E-state index contributed by atoms with van der Waals surface area (Å²) in [4.78, 5) is 32.4. The predicted molar refractivity (Wildman–Crippen MR) is 150 cm³/mol. The van der Waals surface area contributed by atoms with Gasteiger partial charge in [-0.1, -0.05) is 54.6 Å². The van der Waals surface area contributed by atoms with E-state index < -0.39 is 0 Å². The summed E-state index contributed by atoms with van der Waals surface area (Å²) >= 11 is 1.35. The highest BCUT2D eigenvalue weighted by molar-refractivity contribution is 8.18. The average molecular weight is 510 g/mol. The Morgan fingerprint density at radius 1 is 1.00 bits per heavy atom. The van der Waals surface area contributed by atoms with Gasteiger partial charge in [0.05, 0.1) is 22.8 Å². The molecule has 37 heavy (non-hydrogen) atoms. The SMILES string of the molecule is CCOC(=O)c1cccc(N=C2SC(=Cc3cn(Cc4ccccc4)c4ccccc34)C(=O)N2CC)c1. The molecule has 0 atom stereocenters. The van der Waals surface area contributed by atoms with E-state index in [2.05, 4.69) is 35.0 Å². The number of para-hydroxylation sites is 1. The number of esters is 1. The number of aromatic nitrogens is 1. The second kappa shape index (κ2) is 10.9. The first-order chi connectivity index (χ1) is 18.1. The summed E-state index contributed by atoms with van der Waals surface area (Å²) in [6, 6.07) is 25.5. The number of likely N-dealkylation sites (N-methyl/N-ethyl adjacent to an activating group) is 1. The normalized spacial score (nSPS) is 15.7. The van der Waals surface area contributed by atoms with Gasteiger partial charge >= 0.3 is 5.97 Å². The molecule has 5 rings (SSSR count). The number of fused-ring (bicyclic) bond motifs is 1. The molecule has 0 bridgehead atoms. The van der Waals surface area contributed by atoms with Crippen LogP contribution in [0.5, 0.6) is 0 Å². The van der Waals surface area contributed by atoms with Crippen molar-refractivity contribution < 1.29 is 14.3 Å². The van der Waals surface area contributed by atoms with Crippen molar-refractivity contribution in [2.75, 3.05) is 13.2 Å². The van der Waals surface area contributed by atoms with E-state index in [0.717, 1.165) is 23.0 Å². The number of nitrogens with zero attached hydrogens (tertiary/aromatic N) is 3. The van der Waals surface area contributed by atoms with Crippen LogP contribution in [-0.4, -0.2) is 39.7 Å². The third kappa shape index (κ3) is 5.22. The summed E-state index contributed by atoms with van der Waals surface area (Å²) in [5.74, 6) is -0.466. The van der Waals surface area contributed by atoms with E-state index in [1.165, 1.54) is 17.3 Å². The van der Waals surface area contributed by atoms with E-state index in [4.69, 9.17) is 9.73 Å². The number of amidine groups is 1. The van der Waals surface area contributed by atoms with Crippen molar-refractivity contribution in [1.82, 2.24) is 9.47 Å². The first kappa shape index (κ1) is 24.6. The third-order valence-electron chi connectivity index (χ3n) is 6.09. The van der Waals surface area contributed by atoms with E-state index in [0.29, 0.717) is 34.5 Å². The second-order valence-electron chi connectivity index (χ2n) is 8.54. The smallest absolute Gasteiger partial charge is 0.338 e. The molecule has 0 radical (unpaired) electrons. The zero-order valence-electron chi connectivity index (χ0n) is 20.8. The number of carbonyl (C=O) groups is 2. The van der Waals surface area contributed by atoms with Crippen LogP contribution in [0.1, 0.15) is 35.3 Å². The lowest BCUT2D eigenvalue weighted by Crippen LogP contribution is -2.28. The van der Waals surface area contributed by atoms with E-state index in [1.54, 1.807) is 30.0 Å². The molecule has 4 aromatic rings. The number of carbonyl (C=O) groups excluding carboxylic acids is 2. The molecule has 0 N–H and O–H groups in total. The molecule has 0 aliphatic carbocycles. The van der Waals surface area contributed by atoms with Crippen molar-refractivity contribution in [2.45, 2.75) is 20.4 Å². The molecule has 186 valence electrons. The van der Waals surface area contributed by atoms with Crippen LogP contribution in [-0.2, 0) is 16.1 Å². The van der Waals surface area contributed by atoms with Gasteiger partial charge in [-0.05, 0) is 61.5 Å². The average Bonchev–Trinajstić information content (AvgIpc) is 3.41. The van der Waals surface area contributed by atoms with Gasteiger partial charge in [0.1, 0.15) is 0 Å². The zero-order valence-corrected chi connectivity index (χ0v) is 21.6. The van der Waals surface area contributed by atoms with Gasteiger partial charge in [0.25, 0.3) is 5.91 Å². The molecule has 0 saturated carbocycles. The van der Waals surface area contributed by atoms with E-state index in [1.807, 2.05) is 49.4 Å². The van der Waals surface area contributed by atoms with Crippen molar-refractivity contribution in [1.29, 1.82) is 0 Å². The molecule has 0 unspecified atom stereocenters. The fourth-order valence-electron chi connectivity index (χ4n) is 4.34. The fourth-order valence-corrected chi connectivity index (χ4v) is 5.39. The zero-order chi connectivity index (χ0) is 25.8. The number of aliphatic imine (C=N–C) groups is 1. The summed E-state index contributed by atoms with van der Waals surface area (Å²) in [6.45, 7) is 5.25. The topological polar surface area (TPSA) is 63.9 Å². The van der Waals surface area contributed by atoms with E-state index in [-0.39, 0.29) is 11.9 Å². The monoisotopic (exact) mass is 509 g/mol. The Kier molecular flexibility index (Phi) is 7.23. The quantitative estimate of drug-likeness (QED) is 0.211. The van der Waals surface area contributed by atoms with Crippen molar-refractivity contribution in [3.05, 3.63) is 107 Å². The van der Waals surface area contributed by atoms with Crippen molar-refractivity contribution >= 4 is 51.5 Å². The summed E-state index contributed by atoms with van der Waals surface area (Å²) in [7, 11) is 0. The van der Waals surface area contributed by atoms with Gasteiger partial charge in [0.15, 0.2) is 5.17 Å². The Morgan fingerprint density at radius 3 is 2.57 bits per heavy atom. The lowest BCUT2D eigenvalue weighted by molar-refractivity contribution is -0.122. The molecule has 6 nitrogen and oxygen atoms in total. The Balaban J connectivity index is 1.48. The maximum absolute atomic E-state index is 13.3. The summed E-state index contributed by atoms with van der Waals surface area (Å²) < 4.78 is 7.32. The predicted octanol–water partition coefficient (Wildman–Crippen LogP) is 6.49. The lowest BCUT2D eigenvalue weighted by atomic mass is 10.1. The number of thioether (sulfide) groups is 1. The maximum Gasteiger partial charge on any atom is 0.338 e. The lowest BCUT2D eigenvalue weighted by Gasteiger charge is -2.12. The van der Waals surface area contributed by atoms with Crippen molar-refractivity contribution in [2.24, 2.45) is 4.99 Å². The first-order valence-corrected chi connectivity index (χ1v) is 13.1. The first-order valence-electron chi connectivity index (χ1n) is 12.3. The Bertz CT molecular complexity index is 1520. The van der Waals surface area contributed by atoms with Crippen LogP contribution in [0.3, 0.4) is 0 Å². The molecule has 3 aromatic carbocycles. The van der Waals surface area contributed by atoms with Gasteiger partial charge < -0.3 is 9.30 Å². The number of amides is 1. The van der Waals surface area contributed by atoms with Crippen LogP contribution < -0.4 is 0 Å². The maximum atomic E-state index is 13.3. The molecular formula is C30H27N3O3S. The van der Waals surface area contributed by atoms with E-state index >= 15 is 0 Å². The summed E-state index contributed by atoms with van der Waals surface area (Å²) in [5, 5.41) is 1.68. The Morgan fingerprint density at radius 2 is 1.78 bits per heavy atom. The molecule has 1 amide bonds. The van der Waals surface area contributed by atoms with Gasteiger partial charge in [0.2, 0.25) is 0 Å². The standard InChI is InChI=1S/C30H27N3O3S/c1-3-33-28(34)27(37-30(33)31-24-14-10-13-22(17-24)29(35)36-4-2)18-23-20-32(19-21-11-6-5-7-12-21)26-16-9-8-15-25(23)26/h5-18,20H,3-4,19H2,1-2H3. The Hall–Kier alpha value is -4.10. The molecule has 1 aliphatic rings. The number of hydrogen-bond donors (Lipinski definition) is 0. The summed E-state index contributed by atoms with van der Waals surface area (Å²) in [5.41, 5.74) is 4.35. The molecular weight excluding hydrogens is 482 g/mol. The number of rotatable bonds is 7. The molecule has 1 saturated heterocycles. The minimum absolute atomic E-state index is 0.0762. The highest BCUT2D eigenvalue weighted by Crippen LogP contribution is 2.35. The highest BCUT2D eigenvalue weighted by Gasteiger charge is 2.32. The summed E-state index contributed by atoms with van der Waals surface area (Å²) in [6.07, 6.45) is 4.06. The van der Waals surface area contributed by atoms with Crippen LogP contribution in [0.4, 0.5) is 5.69 Å². The number of ether oxygens (including phenoxy) is 1. The van der Waals surface area contributed by atoms with Crippen LogP contribution in [0.25, 0.3) is 17.0 Å². The van der Waals surface area contributed by atoms with Gasteiger partial charge in [-0.2, -0.15) is 0 Å². The fraction of sp³-hybridized carbons (Fsp3) is 0.167. The van der Waals surface area contributed by atoms with Gasteiger partial charge in [-0.15, -0.1) is 0 Å². The van der Waals surface area contributed by atoms with Crippen LogP contribution in [0, 0.1) is 0 Å². The largest absolute Gasteiger partial charge is 0.462 e. The van der Waals surface area contributed by atoms with Crippen LogP contribution in [0.15, 0.2) is 95.0 Å². The van der Waals surface area contributed by atoms with Gasteiger partial charge in [0, 0.05) is 35.8 Å². The highest BCUT2D eigenvalue weighted by atomic mass is 32.2. The molecule has 0 spiro atoms. The van der Waals surface area contributed by atoms with Crippen molar-refractivity contribution in [3.63, 3.8) is 0 Å². The third-order valence-corrected chi connectivity index (χ3v) is 7.09. The minimum Gasteiger partial charge on any atom is -0.462 e. The van der Waals surface area contributed by atoms with E-state index in [9.17, 15) is 9.59 Å². The second-order valence-corrected chi connectivity index (χ2v) is 9.55. The molecule has 1 aromatic heterocycles. The number of benzene rings is 3. The molecule has 1 aliphatic heterocycles. The van der Waals surface area contributed by atoms with Crippen LogP contribution >= 0.6 is 11.8 Å². The molecule has 2 heterocycles. The molecule has 1 fully saturated rings. The number of hydrogen-bond acceptors (Lipinski definition) is 5. The minimum atomic E-state index is -0.389. The van der Waals surface area contributed by atoms with Gasteiger partial charge in [-0.25, -0.2) is 9.79 Å².